The summed E-state index contributed by atoms with van der Waals surface area (Å²) in [5.41, 5.74) is 1.95. The van der Waals surface area contributed by atoms with E-state index in [0.717, 1.165) is 48.8 Å². The molecule has 6 heteroatoms. The van der Waals surface area contributed by atoms with E-state index in [1.165, 1.54) is 19.2 Å². The van der Waals surface area contributed by atoms with E-state index in [0.29, 0.717) is 13.0 Å². The number of nitrogens with zero attached hydrogens (tertiary/aromatic N) is 3. The fourth-order valence-corrected chi connectivity index (χ4v) is 2.59. The van der Waals surface area contributed by atoms with Crippen LogP contribution in [0.1, 0.15) is 44.6 Å². The molecule has 0 aliphatic rings. The summed E-state index contributed by atoms with van der Waals surface area (Å²) in [6.45, 7) is 3.61. The second-order valence-corrected chi connectivity index (χ2v) is 6.22. The van der Waals surface area contributed by atoms with Crippen LogP contribution >= 0.6 is 0 Å². The largest absolute Gasteiger partial charge is 0.494 e. The fraction of sp³-hybridized carbons (Fsp3) is 0.526. The Kier molecular flexibility index (Phi) is 7.95. The van der Waals surface area contributed by atoms with Crippen LogP contribution < -0.4 is 10.1 Å². The number of rotatable bonds is 12. The van der Waals surface area contributed by atoms with Crippen molar-refractivity contribution in [3.8, 4) is 5.75 Å². The van der Waals surface area contributed by atoms with E-state index >= 15 is 0 Å². The van der Waals surface area contributed by atoms with Crippen molar-refractivity contribution in [1.82, 2.24) is 14.8 Å². The molecule has 0 saturated carbocycles. The number of benzene rings is 1. The second kappa shape index (κ2) is 10.5. The molecule has 0 unspecified atom stereocenters. The molecule has 0 aliphatic heterocycles. The molecule has 25 heavy (non-hydrogen) atoms. The van der Waals surface area contributed by atoms with Gasteiger partial charge in [0.25, 0.3) is 0 Å². The van der Waals surface area contributed by atoms with Crippen molar-refractivity contribution in [2.45, 2.75) is 45.4 Å². The standard InChI is InChI=1S/C19H29N5O/c1-3-4-5-9-17(20)13-16-8-6-10-18(14-16)25-12-7-11-21-19-22-15-23-24(19)2/h6,8,10,14-15,20H,3-5,7,9,11-13H2,1-2H3,(H,21,22,23). The van der Waals surface area contributed by atoms with Gasteiger partial charge in [-0.25, -0.2) is 4.68 Å². The van der Waals surface area contributed by atoms with E-state index in [-0.39, 0.29) is 0 Å². The summed E-state index contributed by atoms with van der Waals surface area (Å²) in [5, 5.41) is 15.3. The molecule has 0 radical (unpaired) electrons. The average Bonchev–Trinajstić information content (AvgIpc) is 3.00. The average molecular weight is 343 g/mol. The topological polar surface area (TPSA) is 75.8 Å². The maximum Gasteiger partial charge on any atom is 0.220 e. The van der Waals surface area contributed by atoms with Gasteiger partial charge in [0.05, 0.1) is 6.61 Å². The Labute approximate surface area is 150 Å². The molecule has 0 fully saturated rings. The Morgan fingerprint density at radius 2 is 2.16 bits per heavy atom. The highest BCUT2D eigenvalue weighted by molar-refractivity contribution is 5.83. The van der Waals surface area contributed by atoms with Crippen molar-refractivity contribution in [3.05, 3.63) is 36.2 Å². The van der Waals surface area contributed by atoms with Crippen LogP contribution in [0.15, 0.2) is 30.6 Å². The number of hydrogen-bond acceptors (Lipinski definition) is 5. The van der Waals surface area contributed by atoms with E-state index in [4.69, 9.17) is 10.1 Å². The third kappa shape index (κ3) is 6.95. The normalized spacial score (nSPS) is 10.6. The zero-order valence-electron chi connectivity index (χ0n) is 15.3. The predicted octanol–water partition coefficient (Wildman–Crippen LogP) is 3.84. The summed E-state index contributed by atoms with van der Waals surface area (Å²) in [4.78, 5) is 4.12. The van der Waals surface area contributed by atoms with Crippen LogP contribution in [0.3, 0.4) is 0 Å². The smallest absolute Gasteiger partial charge is 0.220 e. The highest BCUT2D eigenvalue weighted by Crippen LogP contribution is 2.15. The minimum Gasteiger partial charge on any atom is -0.494 e. The number of aromatic nitrogens is 3. The first-order chi connectivity index (χ1) is 12.2. The van der Waals surface area contributed by atoms with E-state index in [9.17, 15) is 0 Å². The van der Waals surface area contributed by atoms with Crippen LogP contribution in [-0.2, 0) is 13.5 Å². The van der Waals surface area contributed by atoms with Crippen LogP contribution in [0, 0.1) is 5.41 Å². The van der Waals surface area contributed by atoms with Crippen molar-refractivity contribution >= 4 is 11.7 Å². The molecule has 1 heterocycles. The van der Waals surface area contributed by atoms with Gasteiger partial charge >= 0.3 is 0 Å². The number of aryl methyl sites for hydroxylation is 1. The summed E-state index contributed by atoms with van der Waals surface area (Å²) in [6, 6.07) is 8.09. The highest BCUT2D eigenvalue weighted by atomic mass is 16.5. The van der Waals surface area contributed by atoms with Gasteiger partial charge in [0, 0.05) is 25.7 Å². The van der Waals surface area contributed by atoms with Crippen LogP contribution in [0.25, 0.3) is 0 Å². The summed E-state index contributed by atoms with van der Waals surface area (Å²) in [5.74, 6) is 1.64. The molecular weight excluding hydrogens is 314 g/mol. The maximum absolute atomic E-state index is 8.09. The first-order valence-corrected chi connectivity index (χ1v) is 9.05. The van der Waals surface area contributed by atoms with Gasteiger partial charge in [-0.1, -0.05) is 31.9 Å². The lowest BCUT2D eigenvalue weighted by molar-refractivity contribution is 0.314. The van der Waals surface area contributed by atoms with Gasteiger partial charge < -0.3 is 15.5 Å². The first kappa shape index (κ1) is 19.0. The van der Waals surface area contributed by atoms with Gasteiger partial charge in [-0.05, 0) is 37.0 Å². The number of hydrogen-bond donors (Lipinski definition) is 2. The van der Waals surface area contributed by atoms with Crippen molar-refractivity contribution in [1.29, 1.82) is 5.41 Å². The molecule has 0 atom stereocenters. The Hall–Kier alpha value is -2.37. The lowest BCUT2D eigenvalue weighted by atomic mass is 10.0. The van der Waals surface area contributed by atoms with Gasteiger partial charge in [-0.15, -0.1) is 0 Å². The molecule has 136 valence electrons. The zero-order chi connectivity index (χ0) is 17.9. The van der Waals surface area contributed by atoms with Crippen molar-refractivity contribution in [2.75, 3.05) is 18.5 Å². The molecule has 2 N–H and O–H groups in total. The molecule has 2 aromatic rings. The Balaban J connectivity index is 1.68. The fourth-order valence-electron chi connectivity index (χ4n) is 2.59. The number of unbranched alkanes of at least 4 members (excludes halogenated alkanes) is 2. The third-order valence-electron chi connectivity index (χ3n) is 3.98. The summed E-state index contributed by atoms with van der Waals surface area (Å²) < 4.78 is 7.53. The second-order valence-electron chi connectivity index (χ2n) is 6.22. The Morgan fingerprint density at radius 3 is 2.92 bits per heavy atom. The molecule has 0 amide bonds. The van der Waals surface area contributed by atoms with Gasteiger partial charge in [0.1, 0.15) is 12.1 Å². The van der Waals surface area contributed by atoms with Gasteiger partial charge in [0.2, 0.25) is 5.95 Å². The minimum atomic E-state index is 0.641. The van der Waals surface area contributed by atoms with Gasteiger partial charge in [-0.3, -0.25) is 0 Å². The van der Waals surface area contributed by atoms with Crippen LogP contribution in [0.5, 0.6) is 5.75 Å². The molecule has 2 rings (SSSR count). The van der Waals surface area contributed by atoms with Gasteiger partial charge in [0.15, 0.2) is 0 Å². The van der Waals surface area contributed by atoms with E-state index in [1.807, 2.05) is 25.2 Å². The molecule has 0 bridgehead atoms. The molecule has 0 spiro atoms. The van der Waals surface area contributed by atoms with E-state index in [1.54, 1.807) is 4.68 Å². The van der Waals surface area contributed by atoms with Crippen molar-refractivity contribution in [3.63, 3.8) is 0 Å². The summed E-state index contributed by atoms with van der Waals surface area (Å²) >= 11 is 0. The molecule has 1 aromatic heterocycles. The quantitative estimate of drug-likeness (QED) is 0.453. The molecule has 1 aromatic carbocycles. The molecular formula is C19H29N5O. The number of nitrogens with one attached hydrogen (secondary N) is 2. The maximum atomic E-state index is 8.09. The molecule has 0 aliphatic carbocycles. The lowest BCUT2D eigenvalue weighted by Gasteiger charge is -2.09. The monoisotopic (exact) mass is 343 g/mol. The number of ether oxygens (including phenoxy) is 1. The van der Waals surface area contributed by atoms with E-state index < -0.39 is 0 Å². The Morgan fingerprint density at radius 1 is 1.28 bits per heavy atom. The number of anilines is 1. The minimum absolute atomic E-state index is 0.641. The van der Waals surface area contributed by atoms with Crippen molar-refractivity contribution < 1.29 is 4.74 Å². The molecule has 0 saturated heterocycles. The van der Waals surface area contributed by atoms with Crippen LogP contribution in [0.2, 0.25) is 0 Å². The van der Waals surface area contributed by atoms with Crippen LogP contribution in [-0.4, -0.2) is 33.6 Å². The summed E-state index contributed by atoms with van der Waals surface area (Å²) in [6.07, 6.45) is 7.54. The summed E-state index contributed by atoms with van der Waals surface area (Å²) in [7, 11) is 1.86. The predicted molar refractivity (Wildman–Crippen MR) is 102 cm³/mol. The molecule has 6 nitrogen and oxygen atoms in total. The SMILES string of the molecule is CCCCCC(=N)Cc1cccc(OCCCNc2ncnn2C)c1. The van der Waals surface area contributed by atoms with E-state index in [2.05, 4.69) is 28.4 Å². The lowest BCUT2D eigenvalue weighted by Crippen LogP contribution is -2.10. The van der Waals surface area contributed by atoms with Crippen molar-refractivity contribution in [2.24, 2.45) is 7.05 Å². The third-order valence-corrected chi connectivity index (χ3v) is 3.98. The first-order valence-electron chi connectivity index (χ1n) is 9.05. The van der Waals surface area contributed by atoms with Crippen LogP contribution in [0.4, 0.5) is 5.95 Å². The van der Waals surface area contributed by atoms with Gasteiger partial charge in [-0.2, -0.15) is 10.1 Å². The highest BCUT2D eigenvalue weighted by Gasteiger charge is 2.03. The Bertz CT molecular complexity index is 653. The zero-order valence-corrected chi connectivity index (χ0v) is 15.3.